The van der Waals surface area contributed by atoms with E-state index >= 15 is 0 Å². The van der Waals surface area contributed by atoms with Gasteiger partial charge in [0.1, 0.15) is 0 Å². The standard InChI is InChI=1S/C17H19ClN2O/c1-21-17-8-12(6-7-19-17)11-20-16-9-14(10-16)13-2-4-15(18)5-3-13/h2-8,14,16,20H,9-11H2,1H3. The van der Waals surface area contributed by atoms with Crippen molar-refractivity contribution in [2.24, 2.45) is 0 Å². The number of hydrogen-bond donors (Lipinski definition) is 1. The maximum atomic E-state index is 5.92. The van der Waals surface area contributed by atoms with E-state index in [9.17, 15) is 0 Å². The second kappa shape index (κ2) is 6.46. The highest BCUT2D eigenvalue weighted by Gasteiger charge is 2.29. The molecule has 2 aromatic rings. The Balaban J connectivity index is 1.47. The van der Waals surface area contributed by atoms with E-state index in [0.29, 0.717) is 17.8 Å². The number of rotatable bonds is 5. The molecule has 1 aromatic carbocycles. The first-order valence-electron chi connectivity index (χ1n) is 7.22. The Morgan fingerprint density at radius 2 is 2.00 bits per heavy atom. The number of pyridine rings is 1. The predicted octanol–water partition coefficient (Wildman–Crippen LogP) is 3.78. The van der Waals surface area contributed by atoms with Gasteiger partial charge in [0.25, 0.3) is 0 Å². The zero-order valence-corrected chi connectivity index (χ0v) is 12.8. The summed E-state index contributed by atoms with van der Waals surface area (Å²) in [6, 6.07) is 12.8. The Kier molecular flexibility index (Phi) is 4.42. The van der Waals surface area contributed by atoms with Crippen molar-refractivity contribution in [2.45, 2.75) is 31.3 Å². The van der Waals surface area contributed by atoms with Crippen LogP contribution < -0.4 is 10.1 Å². The van der Waals surface area contributed by atoms with Crippen LogP contribution in [-0.4, -0.2) is 18.1 Å². The first kappa shape index (κ1) is 14.4. The molecule has 1 fully saturated rings. The quantitative estimate of drug-likeness (QED) is 0.912. The Hall–Kier alpha value is -1.58. The summed E-state index contributed by atoms with van der Waals surface area (Å²) in [5.41, 5.74) is 2.60. The molecule has 1 aromatic heterocycles. The fourth-order valence-corrected chi connectivity index (χ4v) is 2.85. The number of methoxy groups -OCH3 is 1. The van der Waals surface area contributed by atoms with E-state index in [1.807, 2.05) is 24.3 Å². The summed E-state index contributed by atoms with van der Waals surface area (Å²) in [6.07, 6.45) is 4.15. The van der Waals surface area contributed by atoms with Crippen LogP contribution in [0.2, 0.25) is 5.02 Å². The monoisotopic (exact) mass is 302 g/mol. The molecule has 1 aliphatic carbocycles. The minimum absolute atomic E-state index is 0.588. The van der Waals surface area contributed by atoms with Crippen LogP contribution in [-0.2, 0) is 6.54 Å². The number of benzene rings is 1. The van der Waals surface area contributed by atoms with Crippen molar-refractivity contribution in [1.82, 2.24) is 10.3 Å². The molecule has 110 valence electrons. The summed E-state index contributed by atoms with van der Waals surface area (Å²) < 4.78 is 5.14. The van der Waals surface area contributed by atoms with Gasteiger partial charge < -0.3 is 10.1 Å². The Morgan fingerprint density at radius 1 is 1.24 bits per heavy atom. The van der Waals surface area contributed by atoms with Gasteiger partial charge in [-0.1, -0.05) is 23.7 Å². The molecule has 0 atom stereocenters. The maximum Gasteiger partial charge on any atom is 0.213 e. The molecule has 0 aliphatic heterocycles. The van der Waals surface area contributed by atoms with E-state index in [0.717, 1.165) is 11.6 Å². The highest BCUT2D eigenvalue weighted by Crippen LogP contribution is 2.37. The van der Waals surface area contributed by atoms with Crippen LogP contribution in [0.3, 0.4) is 0 Å². The van der Waals surface area contributed by atoms with Crippen LogP contribution in [0.15, 0.2) is 42.6 Å². The van der Waals surface area contributed by atoms with Gasteiger partial charge in [0.15, 0.2) is 0 Å². The molecule has 3 rings (SSSR count). The molecule has 4 heteroatoms. The van der Waals surface area contributed by atoms with E-state index in [2.05, 4.69) is 22.4 Å². The van der Waals surface area contributed by atoms with Crippen LogP contribution in [0.25, 0.3) is 0 Å². The van der Waals surface area contributed by atoms with Gasteiger partial charge in [0.2, 0.25) is 5.88 Å². The third-order valence-corrected chi connectivity index (χ3v) is 4.33. The number of ether oxygens (including phenoxy) is 1. The minimum atomic E-state index is 0.588. The van der Waals surface area contributed by atoms with E-state index in [1.54, 1.807) is 13.3 Å². The summed E-state index contributed by atoms with van der Waals surface area (Å²) in [6.45, 7) is 0.858. The average molecular weight is 303 g/mol. The summed E-state index contributed by atoms with van der Waals surface area (Å²) >= 11 is 5.92. The van der Waals surface area contributed by atoms with Crippen molar-refractivity contribution in [1.29, 1.82) is 0 Å². The molecule has 1 N–H and O–H groups in total. The van der Waals surface area contributed by atoms with Crippen LogP contribution in [0.4, 0.5) is 0 Å². The second-order valence-corrected chi connectivity index (χ2v) is 5.94. The van der Waals surface area contributed by atoms with Crippen LogP contribution >= 0.6 is 11.6 Å². The highest BCUT2D eigenvalue weighted by atomic mass is 35.5. The topological polar surface area (TPSA) is 34.1 Å². The van der Waals surface area contributed by atoms with Gasteiger partial charge >= 0.3 is 0 Å². The van der Waals surface area contributed by atoms with Crippen molar-refractivity contribution < 1.29 is 4.74 Å². The van der Waals surface area contributed by atoms with Crippen LogP contribution in [0, 0.1) is 0 Å². The number of hydrogen-bond acceptors (Lipinski definition) is 3. The first-order chi connectivity index (χ1) is 10.2. The van der Waals surface area contributed by atoms with Gasteiger partial charge in [-0.2, -0.15) is 0 Å². The van der Waals surface area contributed by atoms with E-state index < -0.39 is 0 Å². The maximum absolute atomic E-state index is 5.92. The van der Waals surface area contributed by atoms with Crippen LogP contribution in [0.1, 0.15) is 29.9 Å². The third kappa shape index (κ3) is 3.55. The number of aromatic nitrogens is 1. The molecule has 0 amide bonds. The molecule has 1 saturated carbocycles. The van der Waals surface area contributed by atoms with Gasteiger partial charge in [0, 0.05) is 29.9 Å². The molecular weight excluding hydrogens is 284 g/mol. The van der Waals surface area contributed by atoms with Crippen molar-refractivity contribution in [3.8, 4) is 5.88 Å². The molecule has 1 aliphatic rings. The van der Waals surface area contributed by atoms with Gasteiger partial charge in [-0.25, -0.2) is 4.98 Å². The lowest BCUT2D eigenvalue weighted by atomic mass is 9.76. The second-order valence-electron chi connectivity index (χ2n) is 5.50. The lowest BCUT2D eigenvalue weighted by molar-refractivity contribution is 0.289. The molecule has 21 heavy (non-hydrogen) atoms. The summed E-state index contributed by atoms with van der Waals surface area (Å²) in [4.78, 5) is 4.12. The number of nitrogens with zero attached hydrogens (tertiary/aromatic N) is 1. The van der Waals surface area contributed by atoms with E-state index in [-0.39, 0.29) is 0 Å². The number of nitrogens with one attached hydrogen (secondary N) is 1. The van der Waals surface area contributed by atoms with Crippen molar-refractivity contribution in [3.63, 3.8) is 0 Å². The largest absolute Gasteiger partial charge is 0.481 e. The third-order valence-electron chi connectivity index (χ3n) is 4.08. The molecule has 3 nitrogen and oxygen atoms in total. The van der Waals surface area contributed by atoms with Gasteiger partial charge in [-0.3, -0.25) is 0 Å². The van der Waals surface area contributed by atoms with Crippen molar-refractivity contribution >= 4 is 11.6 Å². The highest BCUT2D eigenvalue weighted by molar-refractivity contribution is 6.30. The molecular formula is C17H19ClN2O. The Morgan fingerprint density at radius 3 is 2.71 bits per heavy atom. The van der Waals surface area contributed by atoms with Crippen LogP contribution in [0.5, 0.6) is 5.88 Å². The zero-order valence-electron chi connectivity index (χ0n) is 12.1. The Bertz CT molecular complexity index is 594. The van der Waals surface area contributed by atoms with Crippen molar-refractivity contribution in [3.05, 3.63) is 58.7 Å². The smallest absolute Gasteiger partial charge is 0.213 e. The van der Waals surface area contributed by atoms with E-state index in [1.165, 1.54) is 24.0 Å². The zero-order chi connectivity index (χ0) is 14.7. The summed E-state index contributed by atoms with van der Waals surface area (Å²) in [5.74, 6) is 1.33. The molecule has 1 heterocycles. The lowest BCUT2D eigenvalue weighted by Gasteiger charge is -2.36. The Labute approximate surface area is 130 Å². The van der Waals surface area contributed by atoms with Gasteiger partial charge in [-0.05, 0) is 48.1 Å². The molecule has 0 bridgehead atoms. The molecule has 0 radical (unpaired) electrons. The number of halogens is 1. The average Bonchev–Trinajstić information content (AvgIpc) is 2.47. The lowest BCUT2D eigenvalue weighted by Crippen LogP contribution is -2.39. The molecule has 0 saturated heterocycles. The minimum Gasteiger partial charge on any atom is -0.481 e. The van der Waals surface area contributed by atoms with Crippen molar-refractivity contribution in [2.75, 3.05) is 7.11 Å². The molecule has 0 spiro atoms. The molecule has 0 unspecified atom stereocenters. The first-order valence-corrected chi connectivity index (χ1v) is 7.60. The summed E-state index contributed by atoms with van der Waals surface area (Å²) in [7, 11) is 1.64. The fraction of sp³-hybridized carbons (Fsp3) is 0.353. The summed E-state index contributed by atoms with van der Waals surface area (Å²) in [5, 5.41) is 4.39. The predicted molar refractivity (Wildman–Crippen MR) is 84.8 cm³/mol. The SMILES string of the molecule is COc1cc(CNC2CC(c3ccc(Cl)cc3)C2)ccn1. The van der Waals surface area contributed by atoms with Gasteiger partial charge in [0.05, 0.1) is 7.11 Å². The fourth-order valence-electron chi connectivity index (χ4n) is 2.73. The van der Waals surface area contributed by atoms with Gasteiger partial charge in [-0.15, -0.1) is 0 Å². The van der Waals surface area contributed by atoms with E-state index in [4.69, 9.17) is 16.3 Å². The normalized spacial score (nSPS) is 20.9.